The molecule has 0 aliphatic carbocycles. The highest BCUT2D eigenvalue weighted by Crippen LogP contribution is 2.48. The fraction of sp³-hybridized carbons (Fsp3) is 0.333. The van der Waals surface area contributed by atoms with Crippen LogP contribution in [-0.2, 0) is 11.2 Å². The Labute approximate surface area is 189 Å². The highest BCUT2D eigenvalue weighted by atomic mass is 79.9. The fourth-order valence-electron chi connectivity index (χ4n) is 4.96. The molecule has 1 aromatic heterocycles. The number of benzene rings is 2. The SMILES string of the molecule is CN(C)CCN1C(=O)N2C(c3ccccc3)c3[nH]c4ccc(Br)cc4c3CC2(C)C1=O. The highest BCUT2D eigenvalue weighted by molar-refractivity contribution is 9.10. The molecule has 3 aromatic rings. The summed E-state index contributed by atoms with van der Waals surface area (Å²) in [6.45, 7) is 2.94. The van der Waals surface area contributed by atoms with Gasteiger partial charge in [0.05, 0.1) is 0 Å². The zero-order valence-electron chi connectivity index (χ0n) is 17.9. The molecule has 0 spiro atoms. The smallest absolute Gasteiger partial charge is 0.328 e. The lowest BCUT2D eigenvalue weighted by Gasteiger charge is -2.42. The Kier molecular flexibility index (Phi) is 4.71. The number of nitrogens with one attached hydrogen (secondary N) is 1. The molecular weight excluding hydrogens is 456 g/mol. The maximum atomic E-state index is 13.6. The van der Waals surface area contributed by atoms with Crippen LogP contribution in [0.3, 0.4) is 0 Å². The standard InChI is InChI=1S/C24H25BrN4O2/c1-24-14-18-17-13-16(25)9-10-19(17)26-20(18)21(15-7-5-4-6-8-15)29(24)23(31)28(22(24)30)12-11-27(2)3/h4-10,13,21,26H,11-12,14H2,1-3H3. The van der Waals surface area contributed by atoms with Crippen LogP contribution in [0.25, 0.3) is 10.9 Å². The van der Waals surface area contributed by atoms with E-state index in [1.54, 1.807) is 4.90 Å². The lowest BCUT2D eigenvalue weighted by molar-refractivity contribution is -0.133. The van der Waals surface area contributed by atoms with Crippen molar-refractivity contribution in [3.8, 4) is 0 Å². The highest BCUT2D eigenvalue weighted by Gasteiger charge is 2.59. The van der Waals surface area contributed by atoms with E-state index >= 15 is 0 Å². The first-order valence-corrected chi connectivity index (χ1v) is 11.3. The number of aromatic amines is 1. The van der Waals surface area contributed by atoms with Gasteiger partial charge in [-0.3, -0.25) is 14.6 Å². The summed E-state index contributed by atoms with van der Waals surface area (Å²) in [7, 11) is 3.89. The van der Waals surface area contributed by atoms with Crippen molar-refractivity contribution in [2.75, 3.05) is 27.2 Å². The Morgan fingerprint density at radius 2 is 1.90 bits per heavy atom. The summed E-state index contributed by atoms with van der Waals surface area (Å²) in [4.78, 5) is 36.0. The first-order valence-electron chi connectivity index (χ1n) is 10.5. The molecule has 2 aliphatic rings. The van der Waals surface area contributed by atoms with Crippen LogP contribution < -0.4 is 0 Å². The number of carbonyl (C=O) groups excluding carboxylic acids is 2. The van der Waals surface area contributed by atoms with E-state index < -0.39 is 5.54 Å². The second-order valence-corrected chi connectivity index (χ2v) is 9.80. The molecule has 5 rings (SSSR count). The van der Waals surface area contributed by atoms with E-state index in [2.05, 4.69) is 27.0 Å². The Hall–Kier alpha value is -2.64. The van der Waals surface area contributed by atoms with Crippen LogP contribution in [0.2, 0.25) is 0 Å². The van der Waals surface area contributed by atoms with Crippen LogP contribution in [0, 0.1) is 0 Å². The molecule has 2 aromatic carbocycles. The van der Waals surface area contributed by atoms with Crippen LogP contribution in [0.15, 0.2) is 53.0 Å². The number of urea groups is 1. The topological polar surface area (TPSA) is 59.6 Å². The number of rotatable bonds is 4. The van der Waals surface area contributed by atoms with Crippen LogP contribution >= 0.6 is 15.9 Å². The Balaban J connectivity index is 1.71. The second kappa shape index (κ2) is 7.21. The minimum atomic E-state index is -0.922. The summed E-state index contributed by atoms with van der Waals surface area (Å²) < 4.78 is 0.993. The van der Waals surface area contributed by atoms with Crippen molar-refractivity contribution in [2.24, 2.45) is 0 Å². The molecule has 1 fully saturated rings. The van der Waals surface area contributed by atoms with Crippen molar-refractivity contribution in [1.29, 1.82) is 0 Å². The van der Waals surface area contributed by atoms with Crippen molar-refractivity contribution in [1.82, 2.24) is 19.7 Å². The zero-order chi connectivity index (χ0) is 21.9. The first kappa shape index (κ1) is 20.3. The molecule has 1 saturated heterocycles. The Morgan fingerprint density at radius 3 is 2.61 bits per heavy atom. The molecule has 31 heavy (non-hydrogen) atoms. The summed E-state index contributed by atoms with van der Waals surface area (Å²) in [5.74, 6) is -0.115. The largest absolute Gasteiger partial charge is 0.356 e. The number of aromatic nitrogens is 1. The molecule has 3 amide bonds. The van der Waals surface area contributed by atoms with Gasteiger partial charge in [-0.2, -0.15) is 0 Å². The average Bonchev–Trinajstić information content (AvgIpc) is 3.18. The molecule has 0 saturated carbocycles. The van der Waals surface area contributed by atoms with Gasteiger partial charge in [-0.05, 0) is 50.3 Å². The van der Waals surface area contributed by atoms with Gasteiger partial charge < -0.3 is 9.88 Å². The van der Waals surface area contributed by atoms with Gasteiger partial charge in [0, 0.05) is 40.6 Å². The van der Waals surface area contributed by atoms with E-state index in [-0.39, 0.29) is 18.0 Å². The van der Waals surface area contributed by atoms with Crippen LogP contribution in [0.5, 0.6) is 0 Å². The molecule has 0 radical (unpaired) electrons. The third-order valence-corrected chi connectivity index (χ3v) is 7.01. The molecule has 2 aliphatic heterocycles. The maximum absolute atomic E-state index is 13.6. The van der Waals surface area contributed by atoms with Gasteiger partial charge in [-0.15, -0.1) is 0 Å². The summed E-state index contributed by atoms with van der Waals surface area (Å²) in [5.41, 5.74) is 3.19. The number of likely N-dealkylation sites (N-methyl/N-ethyl adjacent to an activating group) is 1. The van der Waals surface area contributed by atoms with Crippen LogP contribution in [0.4, 0.5) is 4.79 Å². The molecule has 1 N–H and O–H groups in total. The van der Waals surface area contributed by atoms with E-state index in [9.17, 15) is 9.59 Å². The molecule has 3 heterocycles. The van der Waals surface area contributed by atoms with Crippen molar-refractivity contribution in [3.63, 3.8) is 0 Å². The van der Waals surface area contributed by atoms with E-state index in [4.69, 9.17) is 0 Å². The summed E-state index contributed by atoms with van der Waals surface area (Å²) in [6, 6.07) is 15.6. The summed E-state index contributed by atoms with van der Waals surface area (Å²) in [5, 5.41) is 1.10. The maximum Gasteiger partial charge on any atom is 0.328 e. The third-order valence-electron chi connectivity index (χ3n) is 6.51. The monoisotopic (exact) mass is 480 g/mol. The lowest BCUT2D eigenvalue weighted by atomic mass is 9.81. The Morgan fingerprint density at radius 1 is 1.16 bits per heavy atom. The molecule has 0 bridgehead atoms. The van der Waals surface area contributed by atoms with Crippen molar-refractivity contribution >= 4 is 38.8 Å². The summed E-state index contributed by atoms with van der Waals surface area (Å²) >= 11 is 3.58. The second-order valence-electron chi connectivity index (χ2n) is 8.88. The minimum Gasteiger partial charge on any atom is -0.356 e. The van der Waals surface area contributed by atoms with Gasteiger partial charge in [0.2, 0.25) is 0 Å². The van der Waals surface area contributed by atoms with Crippen LogP contribution in [-0.4, -0.2) is 64.3 Å². The van der Waals surface area contributed by atoms with E-state index in [0.717, 1.165) is 32.2 Å². The van der Waals surface area contributed by atoms with E-state index in [1.165, 1.54) is 4.90 Å². The number of hydrogen-bond donors (Lipinski definition) is 1. The predicted molar refractivity (Wildman–Crippen MR) is 124 cm³/mol. The van der Waals surface area contributed by atoms with Gasteiger partial charge in [-0.1, -0.05) is 46.3 Å². The number of fused-ring (bicyclic) bond motifs is 4. The zero-order valence-corrected chi connectivity index (χ0v) is 19.4. The average molecular weight is 481 g/mol. The molecule has 2 atom stereocenters. The molecule has 160 valence electrons. The van der Waals surface area contributed by atoms with Crippen molar-refractivity contribution < 1.29 is 9.59 Å². The molecule has 2 unspecified atom stereocenters. The number of nitrogens with zero attached hydrogens (tertiary/aromatic N) is 3. The van der Waals surface area contributed by atoms with Gasteiger partial charge in [0.25, 0.3) is 5.91 Å². The van der Waals surface area contributed by atoms with Gasteiger partial charge >= 0.3 is 6.03 Å². The van der Waals surface area contributed by atoms with Crippen molar-refractivity contribution in [2.45, 2.75) is 24.9 Å². The quantitative estimate of drug-likeness (QED) is 0.570. The number of hydrogen-bond acceptors (Lipinski definition) is 3. The number of imide groups is 1. The molecule has 6 nitrogen and oxygen atoms in total. The summed E-state index contributed by atoms with van der Waals surface area (Å²) in [6.07, 6.45) is 0.491. The fourth-order valence-corrected chi connectivity index (χ4v) is 5.33. The normalized spacial score (nSPS) is 23.1. The predicted octanol–water partition coefficient (Wildman–Crippen LogP) is 4.16. The van der Waals surface area contributed by atoms with E-state index in [0.29, 0.717) is 19.5 Å². The number of H-pyrrole nitrogens is 1. The number of carbonyl (C=O) groups is 2. The lowest BCUT2D eigenvalue weighted by Crippen LogP contribution is -2.53. The Bertz CT molecular complexity index is 1190. The first-order chi connectivity index (χ1) is 14.8. The van der Waals surface area contributed by atoms with Gasteiger partial charge in [0.15, 0.2) is 0 Å². The number of amides is 3. The van der Waals surface area contributed by atoms with Crippen molar-refractivity contribution in [3.05, 3.63) is 69.8 Å². The van der Waals surface area contributed by atoms with Crippen LogP contribution in [0.1, 0.15) is 29.8 Å². The third kappa shape index (κ3) is 3.02. The van der Waals surface area contributed by atoms with E-state index in [1.807, 2.05) is 68.4 Å². The molecular formula is C24H25BrN4O2. The van der Waals surface area contributed by atoms with Gasteiger partial charge in [0.1, 0.15) is 11.6 Å². The number of halogens is 1. The molecule has 7 heteroatoms. The minimum absolute atomic E-state index is 0.115. The van der Waals surface area contributed by atoms with Gasteiger partial charge in [-0.25, -0.2) is 4.79 Å².